The summed E-state index contributed by atoms with van der Waals surface area (Å²) in [6.45, 7) is -0.550. The van der Waals surface area contributed by atoms with Gasteiger partial charge in [-0.05, 0) is 23.6 Å². The van der Waals surface area contributed by atoms with Gasteiger partial charge in [0.2, 0.25) is 5.91 Å². The number of carbonyl (C=O) groups excluding carboxylic acids is 3. The number of thiophene rings is 1. The first-order valence-electron chi connectivity index (χ1n) is 7.84. The van der Waals surface area contributed by atoms with Crippen molar-refractivity contribution < 1.29 is 23.9 Å². The van der Waals surface area contributed by atoms with Crippen LogP contribution in [0.1, 0.15) is 4.88 Å². The van der Waals surface area contributed by atoms with Gasteiger partial charge in [-0.15, -0.1) is 11.3 Å². The summed E-state index contributed by atoms with van der Waals surface area (Å²) in [6.07, 6.45) is 0.130. The summed E-state index contributed by atoms with van der Waals surface area (Å²) in [7, 11) is 3.01. The van der Waals surface area contributed by atoms with Crippen LogP contribution in [0.15, 0.2) is 41.8 Å². The molecular formula is C18H20N2O5S. The van der Waals surface area contributed by atoms with Gasteiger partial charge in [0.15, 0.2) is 6.61 Å². The Hall–Kier alpha value is -2.87. The van der Waals surface area contributed by atoms with Gasteiger partial charge in [-0.1, -0.05) is 12.1 Å². The SMILES string of the molecule is COc1cccc(NC(=O)CN(C)C(=O)COC(=O)Cc2cccs2)c1. The lowest BCUT2D eigenvalue weighted by molar-refractivity contribution is -0.151. The maximum absolute atomic E-state index is 12.0. The van der Waals surface area contributed by atoms with E-state index in [2.05, 4.69) is 5.32 Å². The normalized spacial score (nSPS) is 10.1. The molecule has 0 fully saturated rings. The molecule has 1 aromatic heterocycles. The number of benzene rings is 1. The highest BCUT2D eigenvalue weighted by Gasteiger charge is 2.16. The zero-order valence-electron chi connectivity index (χ0n) is 14.6. The molecule has 7 nitrogen and oxygen atoms in total. The third-order valence-corrected chi connectivity index (χ3v) is 4.29. The molecule has 0 spiro atoms. The van der Waals surface area contributed by atoms with Crippen LogP contribution in [0.25, 0.3) is 0 Å². The van der Waals surface area contributed by atoms with Crippen molar-refractivity contribution in [3.8, 4) is 5.75 Å². The number of esters is 1. The third kappa shape index (κ3) is 6.21. The van der Waals surface area contributed by atoms with Crippen LogP contribution in [-0.4, -0.2) is 50.0 Å². The molecule has 1 aromatic carbocycles. The van der Waals surface area contributed by atoms with E-state index < -0.39 is 18.5 Å². The third-order valence-electron chi connectivity index (χ3n) is 3.42. The van der Waals surface area contributed by atoms with Crippen LogP contribution < -0.4 is 10.1 Å². The van der Waals surface area contributed by atoms with Gasteiger partial charge in [-0.2, -0.15) is 0 Å². The molecule has 0 radical (unpaired) electrons. The highest BCUT2D eigenvalue weighted by Crippen LogP contribution is 2.16. The fourth-order valence-electron chi connectivity index (χ4n) is 2.06. The molecule has 2 rings (SSSR count). The molecule has 2 amide bonds. The zero-order valence-corrected chi connectivity index (χ0v) is 15.4. The average molecular weight is 376 g/mol. The van der Waals surface area contributed by atoms with Crippen molar-refractivity contribution in [2.45, 2.75) is 6.42 Å². The molecule has 8 heteroatoms. The van der Waals surface area contributed by atoms with Gasteiger partial charge in [0.05, 0.1) is 20.1 Å². The molecule has 26 heavy (non-hydrogen) atoms. The molecule has 0 aliphatic rings. The first-order valence-corrected chi connectivity index (χ1v) is 8.71. The van der Waals surface area contributed by atoms with Crippen LogP contribution >= 0.6 is 11.3 Å². The summed E-state index contributed by atoms with van der Waals surface area (Å²) >= 11 is 1.45. The smallest absolute Gasteiger partial charge is 0.311 e. The van der Waals surface area contributed by atoms with Crippen molar-refractivity contribution in [2.75, 3.05) is 32.6 Å². The summed E-state index contributed by atoms with van der Waals surface area (Å²) < 4.78 is 10.0. The lowest BCUT2D eigenvalue weighted by Gasteiger charge is -2.17. The first-order chi connectivity index (χ1) is 12.5. The van der Waals surface area contributed by atoms with Crippen LogP contribution in [0, 0.1) is 0 Å². The van der Waals surface area contributed by atoms with Gasteiger partial charge >= 0.3 is 5.97 Å². The fourth-order valence-corrected chi connectivity index (χ4v) is 2.75. The average Bonchev–Trinajstić information content (AvgIpc) is 3.12. The number of likely N-dealkylation sites (N-methyl/N-ethyl adjacent to an activating group) is 1. The molecule has 0 aliphatic carbocycles. The number of methoxy groups -OCH3 is 1. The van der Waals surface area contributed by atoms with E-state index in [-0.39, 0.29) is 18.9 Å². The quantitative estimate of drug-likeness (QED) is 0.712. The monoisotopic (exact) mass is 376 g/mol. The summed E-state index contributed by atoms with van der Waals surface area (Å²) in [5.41, 5.74) is 0.567. The maximum atomic E-state index is 12.0. The Morgan fingerprint density at radius 2 is 2.00 bits per heavy atom. The van der Waals surface area contributed by atoms with E-state index in [1.807, 2.05) is 17.5 Å². The fraction of sp³-hybridized carbons (Fsp3) is 0.278. The van der Waals surface area contributed by atoms with Crippen molar-refractivity contribution in [1.82, 2.24) is 4.90 Å². The van der Waals surface area contributed by atoms with Gasteiger partial charge in [0.1, 0.15) is 5.75 Å². The van der Waals surface area contributed by atoms with E-state index in [9.17, 15) is 14.4 Å². The van der Waals surface area contributed by atoms with E-state index in [1.54, 1.807) is 24.3 Å². The molecule has 1 heterocycles. The van der Waals surface area contributed by atoms with Crippen LogP contribution in [0.2, 0.25) is 0 Å². The predicted octanol–water partition coefficient (Wildman–Crippen LogP) is 1.94. The number of hydrogen-bond donors (Lipinski definition) is 1. The molecule has 1 N–H and O–H groups in total. The van der Waals surface area contributed by atoms with Crippen molar-refractivity contribution in [3.63, 3.8) is 0 Å². The van der Waals surface area contributed by atoms with E-state index in [0.717, 1.165) is 4.88 Å². The molecule has 0 saturated carbocycles. The van der Waals surface area contributed by atoms with Crippen molar-refractivity contribution in [3.05, 3.63) is 46.7 Å². The summed E-state index contributed by atoms with van der Waals surface area (Å²) in [5, 5.41) is 4.54. The summed E-state index contributed by atoms with van der Waals surface area (Å²) in [6, 6.07) is 10.6. The second kappa shape index (κ2) is 9.57. The molecule has 0 bridgehead atoms. The molecular weight excluding hydrogens is 356 g/mol. The van der Waals surface area contributed by atoms with Crippen molar-refractivity contribution in [1.29, 1.82) is 0 Å². The van der Waals surface area contributed by atoms with Gasteiger partial charge in [0, 0.05) is 23.7 Å². The van der Waals surface area contributed by atoms with Crippen molar-refractivity contribution >= 4 is 34.8 Å². The highest BCUT2D eigenvalue weighted by atomic mass is 32.1. The predicted molar refractivity (Wildman–Crippen MR) is 98.2 cm³/mol. The number of nitrogens with one attached hydrogen (secondary N) is 1. The molecule has 2 aromatic rings. The first kappa shape index (κ1) is 19.5. The Labute approximate surface area is 155 Å². The second-order valence-electron chi connectivity index (χ2n) is 5.45. The number of hydrogen-bond acceptors (Lipinski definition) is 6. The van der Waals surface area contributed by atoms with E-state index in [4.69, 9.17) is 9.47 Å². The van der Waals surface area contributed by atoms with E-state index in [0.29, 0.717) is 11.4 Å². The van der Waals surface area contributed by atoms with Gasteiger partial charge in [-0.3, -0.25) is 14.4 Å². The summed E-state index contributed by atoms with van der Waals surface area (Å²) in [5.74, 6) is -0.677. The molecule has 0 aliphatic heterocycles. The minimum Gasteiger partial charge on any atom is -0.497 e. The molecule has 0 saturated heterocycles. The van der Waals surface area contributed by atoms with Crippen molar-refractivity contribution in [2.24, 2.45) is 0 Å². The topological polar surface area (TPSA) is 84.9 Å². The highest BCUT2D eigenvalue weighted by molar-refractivity contribution is 7.10. The molecule has 0 atom stereocenters. The number of nitrogens with zero attached hydrogens (tertiary/aromatic N) is 1. The van der Waals surface area contributed by atoms with Crippen LogP contribution in [0.5, 0.6) is 5.75 Å². The van der Waals surface area contributed by atoms with Crippen LogP contribution in [-0.2, 0) is 25.5 Å². The Balaban J connectivity index is 1.75. The lowest BCUT2D eigenvalue weighted by Crippen LogP contribution is -2.37. The number of amides is 2. The van der Waals surface area contributed by atoms with Gasteiger partial charge in [-0.25, -0.2) is 0 Å². The Morgan fingerprint density at radius 1 is 1.19 bits per heavy atom. The minimum atomic E-state index is -0.477. The molecule has 0 unspecified atom stereocenters. The largest absolute Gasteiger partial charge is 0.497 e. The van der Waals surface area contributed by atoms with Crippen LogP contribution in [0.3, 0.4) is 0 Å². The van der Waals surface area contributed by atoms with Gasteiger partial charge < -0.3 is 19.7 Å². The standard InChI is InChI=1S/C18H20N2O5S/c1-20(11-16(21)19-13-5-3-6-14(9-13)24-2)17(22)12-25-18(23)10-15-7-4-8-26-15/h3-9H,10-12H2,1-2H3,(H,19,21). The molecule has 138 valence electrons. The number of carbonyl (C=O) groups is 3. The second-order valence-corrected chi connectivity index (χ2v) is 6.48. The summed E-state index contributed by atoms with van der Waals surface area (Å²) in [4.78, 5) is 37.8. The van der Waals surface area contributed by atoms with Crippen LogP contribution in [0.4, 0.5) is 5.69 Å². The number of ether oxygens (including phenoxy) is 2. The van der Waals surface area contributed by atoms with Gasteiger partial charge in [0.25, 0.3) is 5.91 Å². The maximum Gasteiger partial charge on any atom is 0.311 e. The van der Waals surface area contributed by atoms with E-state index in [1.165, 1.54) is 30.4 Å². The Bertz CT molecular complexity index is 761. The Morgan fingerprint density at radius 3 is 2.69 bits per heavy atom. The lowest BCUT2D eigenvalue weighted by atomic mass is 10.3. The zero-order chi connectivity index (χ0) is 18.9. The minimum absolute atomic E-state index is 0.130. The van der Waals surface area contributed by atoms with E-state index >= 15 is 0 Å². The number of anilines is 1. The number of rotatable bonds is 8. The Kier molecular flexibility index (Phi) is 7.16.